The Labute approximate surface area is 105 Å². The first kappa shape index (κ1) is 11.2. The number of nitrogens with one attached hydrogen (secondary N) is 1. The van der Waals surface area contributed by atoms with E-state index in [2.05, 4.69) is 31.2 Å². The number of aromatic nitrogens is 2. The van der Waals surface area contributed by atoms with Crippen LogP contribution in [-0.4, -0.2) is 15.9 Å². The molecule has 0 radical (unpaired) electrons. The normalized spacial score (nSPS) is 10.1. The molecule has 0 atom stereocenters. The summed E-state index contributed by atoms with van der Waals surface area (Å²) in [4.78, 5) is 19.8. The van der Waals surface area contributed by atoms with Crippen LogP contribution in [-0.2, 0) is 0 Å². The van der Waals surface area contributed by atoms with Crippen LogP contribution in [0.5, 0.6) is 0 Å². The highest BCUT2D eigenvalue weighted by molar-refractivity contribution is 9.10. The highest BCUT2D eigenvalue weighted by atomic mass is 79.9. The molecule has 0 bridgehead atoms. The van der Waals surface area contributed by atoms with Gasteiger partial charge in [-0.25, -0.2) is 4.98 Å². The fourth-order valence-electron chi connectivity index (χ4n) is 1.13. The van der Waals surface area contributed by atoms with Crippen LogP contribution in [0.4, 0.5) is 5.69 Å². The van der Waals surface area contributed by atoms with E-state index >= 15 is 0 Å². The molecule has 0 aliphatic carbocycles. The maximum atomic E-state index is 11.8. The van der Waals surface area contributed by atoms with Crippen molar-refractivity contribution in [2.24, 2.45) is 0 Å². The van der Waals surface area contributed by atoms with Gasteiger partial charge in [0.25, 0.3) is 5.91 Å². The third-order valence-electron chi connectivity index (χ3n) is 1.87. The van der Waals surface area contributed by atoms with E-state index in [1.165, 1.54) is 11.3 Å². The van der Waals surface area contributed by atoms with Crippen LogP contribution < -0.4 is 5.32 Å². The van der Waals surface area contributed by atoms with Crippen LogP contribution in [0.25, 0.3) is 0 Å². The van der Waals surface area contributed by atoms with Crippen LogP contribution in [0.15, 0.2) is 28.3 Å². The third kappa shape index (κ3) is 2.45. The molecule has 2 heterocycles. The number of carbonyl (C=O) groups is 1. The van der Waals surface area contributed by atoms with E-state index < -0.39 is 0 Å². The highest BCUT2D eigenvalue weighted by Gasteiger charge is 2.10. The molecule has 82 valence electrons. The molecular weight excluding hydrogens is 290 g/mol. The minimum Gasteiger partial charge on any atom is -0.319 e. The summed E-state index contributed by atoms with van der Waals surface area (Å²) in [6.45, 7) is 1.86. The van der Waals surface area contributed by atoms with Gasteiger partial charge >= 0.3 is 0 Å². The predicted octanol–water partition coefficient (Wildman–Crippen LogP) is 2.86. The SMILES string of the molecule is Cc1nc(C(=O)Nc2ccncc2Br)cs1. The maximum absolute atomic E-state index is 11.8. The molecule has 0 aromatic carbocycles. The number of rotatable bonds is 2. The molecule has 4 nitrogen and oxygen atoms in total. The number of thiazole rings is 1. The molecule has 16 heavy (non-hydrogen) atoms. The van der Waals surface area contributed by atoms with Crippen molar-refractivity contribution >= 4 is 38.9 Å². The maximum Gasteiger partial charge on any atom is 0.275 e. The van der Waals surface area contributed by atoms with Crippen LogP contribution >= 0.6 is 27.3 Å². The smallest absolute Gasteiger partial charge is 0.275 e. The zero-order chi connectivity index (χ0) is 11.5. The van der Waals surface area contributed by atoms with Crippen molar-refractivity contribution in [3.63, 3.8) is 0 Å². The van der Waals surface area contributed by atoms with Gasteiger partial charge in [-0.1, -0.05) is 0 Å². The Bertz CT molecular complexity index is 526. The molecule has 2 aromatic heterocycles. The summed E-state index contributed by atoms with van der Waals surface area (Å²) in [7, 11) is 0. The molecule has 2 rings (SSSR count). The highest BCUT2D eigenvalue weighted by Crippen LogP contribution is 2.20. The number of anilines is 1. The molecule has 1 N–H and O–H groups in total. The third-order valence-corrected chi connectivity index (χ3v) is 3.28. The monoisotopic (exact) mass is 297 g/mol. The first-order valence-corrected chi connectivity index (χ1v) is 6.17. The van der Waals surface area contributed by atoms with Crippen LogP contribution in [0.3, 0.4) is 0 Å². The standard InChI is InChI=1S/C10H8BrN3OS/c1-6-13-9(5-16-6)10(15)14-8-2-3-12-4-7(8)11/h2-5H,1H3,(H,12,14,15). The van der Waals surface area contributed by atoms with E-state index in [0.29, 0.717) is 11.4 Å². The quantitative estimate of drug-likeness (QED) is 0.927. The van der Waals surface area contributed by atoms with E-state index in [-0.39, 0.29) is 5.91 Å². The van der Waals surface area contributed by atoms with Crippen molar-refractivity contribution < 1.29 is 4.79 Å². The van der Waals surface area contributed by atoms with Gasteiger partial charge in [0, 0.05) is 17.8 Å². The first-order chi connectivity index (χ1) is 7.66. The van der Waals surface area contributed by atoms with Crippen molar-refractivity contribution in [1.29, 1.82) is 0 Å². The molecule has 2 aromatic rings. The zero-order valence-electron chi connectivity index (χ0n) is 8.40. The van der Waals surface area contributed by atoms with Crippen molar-refractivity contribution in [1.82, 2.24) is 9.97 Å². The van der Waals surface area contributed by atoms with Gasteiger partial charge in [-0.3, -0.25) is 9.78 Å². The molecule has 0 aliphatic rings. The molecule has 0 saturated heterocycles. The van der Waals surface area contributed by atoms with Gasteiger partial charge in [-0.15, -0.1) is 11.3 Å². The number of hydrogen-bond donors (Lipinski definition) is 1. The second-order valence-corrected chi connectivity index (χ2v) is 4.98. The average Bonchev–Trinajstić information content (AvgIpc) is 2.68. The fraction of sp³-hybridized carbons (Fsp3) is 0.100. The van der Waals surface area contributed by atoms with Crippen LogP contribution in [0, 0.1) is 6.92 Å². The Kier molecular flexibility index (Phi) is 3.31. The Morgan fingerprint density at radius 3 is 3.00 bits per heavy atom. The van der Waals surface area contributed by atoms with E-state index in [1.54, 1.807) is 23.8 Å². The lowest BCUT2D eigenvalue weighted by Gasteiger charge is -2.04. The molecule has 1 amide bonds. The molecule has 0 saturated carbocycles. The Morgan fingerprint density at radius 1 is 1.56 bits per heavy atom. The van der Waals surface area contributed by atoms with Gasteiger partial charge in [-0.2, -0.15) is 0 Å². The summed E-state index contributed by atoms with van der Waals surface area (Å²) < 4.78 is 0.746. The Hall–Kier alpha value is -1.27. The Balaban J connectivity index is 2.17. The van der Waals surface area contributed by atoms with Crippen molar-refractivity contribution in [2.75, 3.05) is 5.32 Å². The van der Waals surface area contributed by atoms with Gasteiger partial charge < -0.3 is 5.32 Å². The zero-order valence-corrected chi connectivity index (χ0v) is 10.8. The van der Waals surface area contributed by atoms with Crippen molar-refractivity contribution in [3.8, 4) is 0 Å². The van der Waals surface area contributed by atoms with Crippen LogP contribution in [0.2, 0.25) is 0 Å². The van der Waals surface area contributed by atoms with Gasteiger partial charge in [-0.05, 0) is 28.9 Å². The number of carbonyl (C=O) groups excluding carboxylic acids is 1. The average molecular weight is 298 g/mol. The molecule has 0 fully saturated rings. The summed E-state index contributed by atoms with van der Waals surface area (Å²) in [5.41, 5.74) is 1.12. The molecule has 6 heteroatoms. The lowest BCUT2D eigenvalue weighted by atomic mass is 10.3. The predicted molar refractivity (Wildman–Crippen MR) is 66.7 cm³/mol. The number of amides is 1. The van der Waals surface area contributed by atoms with E-state index in [9.17, 15) is 4.79 Å². The number of nitrogens with zero attached hydrogens (tertiary/aromatic N) is 2. The van der Waals surface area contributed by atoms with E-state index in [1.807, 2.05) is 6.92 Å². The summed E-state index contributed by atoms with van der Waals surface area (Å²) >= 11 is 4.76. The number of pyridine rings is 1. The largest absolute Gasteiger partial charge is 0.319 e. The summed E-state index contributed by atoms with van der Waals surface area (Å²) in [6, 6.07) is 1.72. The van der Waals surface area contributed by atoms with Gasteiger partial charge in [0.15, 0.2) is 0 Å². The number of aryl methyl sites for hydroxylation is 1. The molecule has 0 aliphatic heterocycles. The summed E-state index contributed by atoms with van der Waals surface area (Å²) in [5, 5.41) is 5.37. The van der Waals surface area contributed by atoms with Gasteiger partial charge in [0.2, 0.25) is 0 Å². The minimum atomic E-state index is -0.212. The topological polar surface area (TPSA) is 54.9 Å². The van der Waals surface area contributed by atoms with E-state index in [0.717, 1.165) is 9.48 Å². The molecular formula is C10H8BrN3OS. The Morgan fingerprint density at radius 2 is 2.38 bits per heavy atom. The van der Waals surface area contributed by atoms with Crippen molar-refractivity contribution in [2.45, 2.75) is 6.92 Å². The summed E-state index contributed by atoms with van der Waals surface area (Å²) in [5.74, 6) is -0.212. The second-order valence-electron chi connectivity index (χ2n) is 3.06. The molecule has 0 unspecified atom stereocenters. The summed E-state index contributed by atoms with van der Waals surface area (Å²) in [6.07, 6.45) is 3.24. The number of hydrogen-bond acceptors (Lipinski definition) is 4. The number of halogens is 1. The lowest BCUT2D eigenvalue weighted by molar-refractivity contribution is 0.102. The van der Waals surface area contributed by atoms with Gasteiger partial charge in [0.1, 0.15) is 5.69 Å². The second kappa shape index (κ2) is 4.71. The first-order valence-electron chi connectivity index (χ1n) is 4.50. The van der Waals surface area contributed by atoms with E-state index in [4.69, 9.17) is 0 Å². The lowest BCUT2D eigenvalue weighted by Crippen LogP contribution is -2.12. The van der Waals surface area contributed by atoms with Gasteiger partial charge in [0.05, 0.1) is 15.2 Å². The van der Waals surface area contributed by atoms with Crippen LogP contribution in [0.1, 0.15) is 15.5 Å². The minimum absolute atomic E-state index is 0.212. The molecule has 0 spiro atoms. The van der Waals surface area contributed by atoms with Crippen molar-refractivity contribution in [3.05, 3.63) is 39.0 Å². The fourth-order valence-corrected chi connectivity index (χ4v) is 2.07.